The van der Waals surface area contributed by atoms with E-state index >= 15 is 0 Å². The van der Waals surface area contributed by atoms with Crippen molar-refractivity contribution < 1.29 is 13.2 Å². The molecule has 0 saturated carbocycles. The number of nitrogens with one attached hydrogen (secondary N) is 2. The molecule has 0 atom stereocenters. The van der Waals surface area contributed by atoms with Crippen molar-refractivity contribution >= 4 is 48.9 Å². The minimum atomic E-state index is -3.88. The van der Waals surface area contributed by atoms with Crippen LogP contribution in [0.3, 0.4) is 0 Å². The van der Waals surface area contributed by atoms with Gasteiger partial charge in [-0.15, -0.1) is 11.3 Å². The van der Waals surface area contributed by atoms with Crippen molar-refractivity contribution in [2.45, 2.75) is 11.8 Å². The van der Waals surface area contributed by atoms with Gasteiger partial charge in [-0.25, -0.2) is 13.4 Å². The van der Waals surface area contributed by atoms with Gasteiger partial charge in [0.05, 0.1) is 10.6 Å². The minimum absolute atomic E-state index is 0.113. The van der Waals surface area contributed by atoms with Crippen molar-refractivity contribution in [1.29, 1.82) is 0 Å². The smallest absolute Gasteiger partial charge is 0.264 e. The fourth-order valence-electron chi connectivity index (χ4n) is 3.44. The molecule has 2 heterocycles. The molecule has 3 aromatic carbocycles. The lowest BCUT2D eigenvalue weighted by Gasteiger charge is -2.09. The monoisotopic (exact) mass is 421 g/mol. The highest BCUT2D eigenvalue weighted by Gasteiger charge is 2.26. The van der Waals surface area contributed by atoms with Crippen molar-refractivity contribution in [2.75, 3.05) is 10.0 Å². The van der Waals surface area contributed by atoms with Crippen molar-refractivity contribution in [3.63, 3.8) is 0 Å². The molecule has 0 bridgehead atoms. The first-order valence-electron chi connectivity index (χ1n) is 8.85. The molecular weight excluding hydrogens is 406 g/mol. The van der Waals surface area contributed by atoms with Crippen LogP contribution >= 0.6 is 11.3 Å². The molecule has 4 aromatic rings. The predicted molar refractivity (Wildman–Crippen MR) is 115 cm³/mol. The van der Waals surface area contributed by atoms with Crippen LogP contribution < -0.4 is 10.0 Å². The molecule has 8 heteroatoms. The van der Waals surface area contributed by atoms with E-state index in [0.717, 1.165) is 11.1 Å². The first-order valence-corrected chi connectivity index (χ1v) is 11.2. The second-order valence-corrected chi connectivity index (χ2v) is 9.31. The molecule has 6 nitrogen and oxygen atoms in total. The van der Waals surface area contributed by atoms with Gasteiger partial charge < -0.3 is 5.32 Å². The Bertz CT molecular complexity index is 1390. The van der Waals surface area contributed by atoms with E-state index in [1.165, 1.54) is 17.4 Å². The van der Waals surface area contributed by atoms with Crippen LogP contribution in [0, 0.1) is 6.92 Å². The number of aryl methyl sites for hydroxylation is 1. The molecule has 0 unspecified atom stereocenters. The lowest BCUT2D eigenvalue weighted by atomic mass is 10.1. The number of aromatic nitrogens is 1. The summed E-state index contributed by atoms with van der Waals surface area (Å²) in [7, 11) is -3.88. The lowest BCUT2D eigenvalue weighted by Crippen LogP contribution is -2.13. The summed E-state index contributed by atoms with van der Waals surface area (Å²) in [5.74, 6) is -0.226. The Labute approximate surface area is 171 Å². The third kappa shape index (κ3) is 2.97. The van der Waals surface area contributed by atoms with Gasteiger partial charge in [0.25, 0.3) is 15.9 Å². The van der Waals surface area contributed by atoms with E-state index in [1.807, 2.05) is 36.6 Å². The second kappa shape index (κ2) is 6.40. The Hall–Kier alpha value is -3.23. The Morgan fingerprint density at radius 3 is 2.62 bits per heavy atom. The van der Waals surface area contributed by atoms with Gasteiger partial charge in [0.1, 0.15) is 0 Å². The average Bonchev–Trinajstić information content (AvgIpc) is 3.28. The Balaban J connectivity index is 1.53. The van der Waals surface area contributed by atoms with Gasteiger partial charge in [-0.1, -0.05) is 42.0 Å². The standard InChI is InChI=1S/C21H15N3O3S2/c1-12-5-7-13(8-6-12)17-11-28-21(23-17)24-29(26,27)18-10-9-16-19-14(18)3-2-4-15(19)20(25)22-16/h2-11H,1H3,(H,22,25)(H,23,24). The molecule has 0 saturated heterocycles. The largest absolute Gasteiger partial charge is 0.321 e. The number of carbonyl (C=O) groups is 1. The molecule has 144 valence electrons. The summed E-state index contributed by atoms with van der Waals surface area (Å²) in [6, 6.07) is 16.1. The van der Waals surface area contributed by atoms with Gasteiger partial charge >= 0.3 is 0 Å². The Morgan fingerprint density at radius 2 is 1.83 bits per heavy atom. The summed E-state index contributed by atoms with van der Waals surface area (Å²) in [6.07, 6.45) is 0. The SMILES string of the molecule is Cc1ccc(-c2csc(NS(=O)(=O)c3ccc4c5c(cccc35)C(=O)N4)n2)cc1. The van der Waals surface area contributed by atoms with Crippen LogP contribution in [0.25, 0.3) is 22.0 Å². The van der Waals surface area contributed by atoms with Crippen LogP contribution in [0.1, 0.15) is 15.9 Å². The maximum absolute atomic E-state index is 13.1. The molecule has 1 amide bonds. The van der Waals surface area contributed by atoms with Gasteiger partial charge in [0.2, 0.25) is 0 Å². The van der Waals surface area contributed by atoms with Crippen LogP contribution in [-0.4, -0.2) is 19.3 Å². The van der Waals surface area contributed by atoms with Crippen LogP contribution in [0.4, 0.5) is 10.8 Å². The molecule has 0 fully saturated rings. The van der Waals surface area contributed by atoms with E-state index in [4.69, 9.17) is 0 Å². The van der Waals surface area contributed by atoms with Gasteiger partial charge in [0.15, 0.2) is 5.13 Å². The van der Waals surface area contributed by atoms with Gasteiger partial charge in [-0.05, 0) is 25.1 Å². The molecule has 1 aromatic heterocycles. The fraction of sp³-hybridized carbons (Fsp3) is 0.0476. The topological polar surface area (TPSA) is 88.2 Å². The molecule has 5 rings (SSSR count). The summed E-state index contributed by atoms with van der Waals surface area (Å²) >= 11 is 1.23. The highest BCUT2D eigenvalue weighted by atomic mass is 32.2. The van der Waals surface area contributed by atoms with E-state index < -0.39 is 10.0 Å². The third-order valence-corrected chi connectivity index (χ3v) is 7.14. The lowest BCUT2D eigenvalue weighted by molar-refractivity contribution is 0.103. The number of amides is 1. The molecule has 2 N–H and O–H groups in total. The maximum atomic E-state index is 13.1. The van der Waals surface area contributed by atoms with Gasteiger partial charge in [-0.2, -0.15) is 0 Å². The zero-order valence-corrected chi connectivity index (χ0v) is 16.9. The maximum Gasteiger partial charge on any atom is 0.264 e. The molecule has 0 spiro atoms. The first-order chi connectivity index (χ1) is 13.9. The first kappa shape index (κ1) is 17.8. The molecule has 0 radical (unpaired) electrons. The number of nitrogens with zero attached hydrogens (tertiary/aromatic N) is 1. The van der Waals surface area contributed by atoms with Gasteiger partial charge in [0, 0.05) is 33.0 Å². The van der Waals surface area contributed by atoms with Crippen LogP contribution in [0.5, 0.6) is 0 Å². The van der Waals surface area contributed by atoms with E-state index in [-0.39, 0.29) is 15.9 Å². The normalized spacial score (nSPS) is 12.9. The number of thiazole rings is 1. The summed E-state index contributed by atoms with van der Waals surface area (Å²) in [6.45, 7) is 2.01. The van der Waals surface area contributed by atoms with E-state index in [9.17, 15) is 13.2 Å². The molecule has 0 aliphatic carbocycles. The van der Waals surface area contributed by atoms with Crippen molar-refractivity contribution in [3.05, 3.63) is 71.1 Å². The number of benzene rings is 3. The molecule has 29 heavy (non-hydrogen) atoms. The fourth-order valence-corrected chi connectivity index (χ4v) is 5.62. The number of carbonyl (C=O) groups excluding carboxylic acids is 1. The van der Waals surface area contributed by atoms with E-state index in [2.05, 4.69) is 15.0 Å². The molecule has 1 aliphatic rings. The highest BCUT2D eigenvalue weighted by Crippen LogP contribution is 2.37. The van der Waals surface area contributed by atoms with Gasteiger partial charge in [-0.3, -0.25) is 9.52 Å². The summed E-state index contributed by atoms with van der Waals surface area (Å²) in [5, 5.41) is 5.99. The van der Waals surface area contributed by atoms with Crippen LogP contribution in [0.2, 0.25) is 0 Å². The molecular formula is C21H15N3O3S2. The zero-order chi connectivity index (χ0) is 20.2. The quantitative estimate of drug-likeness (QED) is 0.503. The third-order valence-electron chi connectivity index (χ3n) is 4.86. The number of hydrogen-bond donors (Lipinski definition) is 2. The summed E-state index contributed by atoms with van der Waals surface area (Å²) in [5.41, 5.74) is 3.88. The Morgan fingerprint density at radius 1 is 1.03 bits per heavy atom. The highest BCUT2D eigenvalue weighted by molar-refractivity contribution is 7.93. The second-order valence-electron chi connectivity index (χ2n) is 6.80. The van der Waals surface area contributed by atoms with Crippen LogP contribution in [-0.2, 0) is 10.0 Å². The van der Waals surface area contributed by atoms with E-state index in [1.54, 1.807) is 24.3 Å². The zero-order valence-electron chi connectivity index (χ0n) is 15.3. The van der Waals surface area contributed by atoms with Crippen LogP contribution in [0.15, 0.2) is 64.9 Å². The number of rotatable bonds is 4. The minimum Gasteiger partial charge on any atom is -0.321 e. The van der Waals surface area contributed by atoms with E-state index in [0.29, 0.717) is 27.7 Å². The van der Waals surface area contributed by atoms with Crippen molar-refractivity contribution in [1.82, 2.24) is 4.98 Å². The average molecular weight is 422 g/mol. The summed E-state index contributed by atoms with van der Waals surface area (Å²) < 4.78 is 28.7. The summed E-state index contributed by atoms with van der Waals surface area (Å²) in [4.78, 5) is 16.6. The van der Waals surface area contributed by atoms with Crippen molar-refractivity contribution in [2.24, 2.45) is 0 Å². The predicted octanol–water partition coefficient (Wildman–Crippen LogP) is 4.64. The number of sulfonamides is 1. The molecule has 1 aliphatic heterocycles. The number of hydrogen-bond acceptors (Lipinski definition) is 5. The number of anilines is 2. The van der Waals surface area contributed by atoms with Crippen molar-refractivity contribution in [3.8, 4) is 11.3 Å². The Kier molecular flexibility index (Phi) is 3.94.